The summed E-state index contributed by atoms with van der Waals surface area (Å²) in [5.74, 6) is 0.568. The van der Waals surface area contributed by atoms with E-state index in [1.165, 1.54) is 17.8 Å². The number of carbonyl (C=O) groups is 2. The number of fused-ring (bicyclic) bond motifs is 1. The third-order valence-corrected chi connectivity index (χ3v) is 8.10. The normalized spacial score (nSPS) is 14.8. The average Bonchev–Trinajstić information content (AvgIpc) is 3.60. The summed E-state index contributed by atoms with van der Waals surface area (Å²) in [5.41, 5.74) is 2.87. The minimum Gasteiger partial charge on any atom is -0.497 e. The van der Waals surface area contributed by atoms with Crippen LogP contribution in [0, 0.1) is 0 Å². The Morgan fingerprint density at radius 2 is 1.84 bits per heavy atom. The molecule has 2 aromatic carbocycles. The van der Waals surface area contributed by atoms with Crippen LogP contribution in [0.2, 0.25) is 0 Å². The van der Waals surface area contributed by atoms with Gasteiger partial charge in [0.25, 0.3) is 0 Å². The summed E-state index contributed by atoms with van der Waals surface area (Å²) in [7, 11) is 1.63. The molecule has 2 heterocycles. The molecule has 0 aliphatic heterocycles. The van der Waals surface area contributed by atoms with Crippen molar-refractivity contribution in [2.45, 2.75) is 57.2 Å². The molecule has 5 rings (SSSR count). The zero-order valence-electron chi connectivity index (χ0n) is 21.1. The standard InChI is InChI=1S/C30H33N3O3S/c1-36-24-15-13-21(14-16-24)20-33(28(34)18-22-19-31-26-11-6-5-10-25(22)26)29(27-12-7-17-37-27)30(35)32-23-8-3-2-4-9-23/h5-7,10-17,19,23,29,31H,2-4,8-9,18,20H2,1H3,(H,32,35). The van der Waals surface area contributed by atoms with E-state index in [-0.39, 0.29) is 24.3 Å². The summed E-state index contributed by atoms with van der Waals surface area (Å²) < 4.78 is 5.32. The third-order valence-electron chi connectivity index (χ3n) is 7.17. The summed E-state index contributed by atoms with van der Waals surface area (Å²) in [6.45, 7) is 0.325. The van der Waals surface area contributed by atoms with Crippen LogP contribution in [0.4, 0.5) is 0 Å². The largest absolute Gasteiger partial charge is 0.497 e. The molecule has 1 saturated carbocycles. The molecule has 37 heavy (non-hydrogen) atoms. The quantitative estimate of drug-likeness (QED) is 0.287. The van der Waals surface area contributed by atoms with E-state index in [9.17, 15) is 9.59 Å². The van der Waals surface area contributed by atoms with Gasteiger partial charge in [-0.2, -0.15) is 0 Å². The number of thiophene rings is 1. The highest BCUT2D eigenvalue weighted by molar-refractivity contribution is 7.10. The highest BCUT2D eigenvalue weighted by Crippen LogP contribution is 2.30. The number of nitrogens with one attached hydrogen (secondary N) is 2. The number of H-pyrrole nitrogens is 1. The Morgan fingerprint density at radius 1 is 1.05 bits per heavy atom. The molecule has 7 heteroatoms. The average molecular weight is 516 g/mol. The topological polar surface area (TPSA) is 74.4 Å². The maximum Gasteiger partial charge on any atom is 0.248 e. The zero-order valence-corrected chi connectivity index (χ0v) is 21.9. The molecule has 1 fully saturated rings. The number of para-hydroxylation sites is 1. The lowest BCUT2D eigenvalue weighted by Crippen LogP contribution is -2.47. The Morgan fingerprint density at radius 3 is 2.57 bits per heavy atom. The summed E-state index contributed by atoms with van der Waals surface area (Å²) in [4.78, 5) is 33.7. The van der Waals surface area contributed by atoms with Crippen LogP contribution in [-0.4, -0.2) is 34.8 Å². The highest BCUT2D eigenvalue weighted by atomic mass is 32.1. The van der Waals surface area contributed by atoms with Gasteiger partial charge in [0.2, 0.25) is 11.8 Å². The molecule has 1 unspecified atom stereocenters. The monoisotopic (exact) mass is 515 g/mol. The van der Waals surface area contributed by atoms with E-state index < -0.39 is 6.04 Å². The summed E-state index contributed by atoms with van der Waals surface area (Å²) in [5, 5.41) is 6.27. The fourth-order valence-corrected chi connectivity index (χ4v) is 6.03. The number of rotatable bonds is 9. The summed E-state index contributed by atoms with van der Waals surface area (Å²) >= 11 is 1.51. The number of ether oxygens (including phenoxy) is 1. The van der Waals surface area contributed by atoms with Crippen molar-refractivity contribution in [1.29, 1.82) is 0 Å². The maximum atomic E-state index is 14.0. The Balaban J connectivity index is 1.47. The Labute approximate surface area is 221 Å². The highest BCUT2D eigenvalue weighted by Gasteiger charge is 2.34. The lowest BCUT2D eigenvalue weighted by molar-refractivity contribution is -0.141. The van der Waals surface area contributed by atoms with Crippen LogP contribution in [0.1, 0.15) is 54.1 Å². The minimum atomic E-state index is -0.693. The number of carbonyl (C=O) groups excluding carboxylic acids is 2. The number of nitrogens with zero attached hydrogens (tertiary/aromatic N) is 1. The Hall–Kier alpha value is -3.58. The van der Waals surface area contributed by atoms with Crippen LogP contribution >= 0.6 is 11.3 Å². The fourth-order valence-electron chi connectivity index (χ4n) is 5.19. The molecule has 0 spiro atoms. The number of hydrogen-bond acceptors (Lipinski definition) is 4. The molecule has 6 nitrogen and oxygen atoms in total. The number of aromatic nitrogens is 1. The van der Waals surface area contributed by atoms with Crippen molar-refractivity contribution < 1.29 is 14.3 Å². The smallest absolute Gasteiger partial charge is 0.248 e. The Bertz CT molecular complexity index is 1320. The molecular formula is C30H33N3O3S. The van der Waals surface area contributed by atoms with Crippen LogP contribution in [0.25, 0.3) is 10.9 Å². The van der Waals surface area contributed by atoms with Crippen molar-refractivity contribution in [3.8, 4) is 5.75 Å². The SMILES string of the molecule is COc1ccc(CN(C(=O)Cc2c[nH]c3ccccc23)C(C(=O)NC2CCCCC2)c2cccs2)cc1. The van der Waals surface area contributed by atoms with Crippen LogP contribution in [0.15, 0.2) is 72.2 Å². The first kappa shape index (κ1) is 25.1. The van der Waals surface area contributed by atoms with Gasteiger partial charge in [-0.15, -0.1) is 11.3 Å². The van der Waals surface area contributed by atoms with Gasteiger partial charge in [0, 0.05) is 34.6 Å². The van der Waals surface area contributed by atoms with Gasteiger partial charge in [0.15, 0.2) is 0 Å². The maximum absolute atomic E-state index is 14.0. The van der Waals surface area contributed by atoms with Crippen molar-refractivity contribution in [2.75, 3.05) is 7.11 Å². The van der Waals surface area contributed by atoms with E-state index in [1.807, 2.05) is 72.2 Å². The molecule has 1 aliphatic carbocycles. The second-order valence-electron chi connectivity index (χ2n) is 9.67. The number of hydrogen-bond donors (Lipinski definition) is 2. The summed E-state index contributed by atoms with van der Waals surface area (Å²) in [6.07, 6.45) is 7.56. The molecule has 2 N–H and O–H groups in total. The second-order valence-corrected chi connectivity index (χ2v) is 10.6. The molecule has 2 amide bonds. The third kappa shape index (κ3) is 5.88. The molecule has 2 aromatic heterocycles. The first-order valence-corrected chi connectivity index (χ1v) is 13.8. The van der Waals surface area contributed by atoms with Gasteiger partial charge in [0.05, 0.1) is 13.5 Å². The molecule has 4 aromatic rings. The van der Waals surface area contributed by atoms with Gasteiger partial charge in [-0.05, 0) is 53.6 Å². The fraction of sp³-hybridized carbons (Fsp3) is 0.333. The molecule has 0 radical (unpaired) electrons. The van der Waals surface area contributed by atoms with E-state index in [0.29, 0.717) is 6.54 Å². The van der Waals surface area contributed by atoms with Crippen LogP contribution < -0.4 is 10.1 Å². The molecule has 192 valence electrons. The van der Waals surface area contributed by atoms with Gasteiger partial charge in [-0.1, -0.05) is 55.7 Å². The predicted octanol–water partition coefficient (Wildman–Crippen LogP) is 6.00. The van der Waals surface area contributed by atoms with Crippen molar-refractivity contribution in [3.05, 3.63) is 88.2 Å². The van der Waals surface area contributed by atoms with Gasteiger partial charge >= 0.3 is 0 Å². The van der Waals surface area contributed by atoms with E-state index in [2.05, 4.69) is 10.3 Å². The van der Waals surface area contributed by atoms with E-state index in [4.69, 9.17) is 4.74 Å². The Kier molecular flexibility index (Phi) is 7.90. The van der Waals surface area contributed by atoms with Crippen LogP contribution in [0.3, 0.4) is 0 Å². The predicted molar refractivity (Wildman–Crippen MR) is 148 cm³/mol. The van der Waals surface area contributed by atoms with Gasteiger partial charge in [-0.25, -0.2) is 0 Å². The van der Waals surface area contributed by atoms with Crippen LogP contribution in [0.5, 0.6) is 5.75 Å². The first-order valence-electron chi connectivity index (χ1n) is 12.9. The summed E-state index contributed by atoms with van der Waals surface area (Å²) in [6, 6.07) is 19.0. The van der Waals surface area contributed by atoms with Crippen LogP contribution in [-0.2, 0) is 22.6 Å². The molecule has 1 aliphatic rings. The molecule has 1 atom stereocenters. The van der Waals surface area contributed by atoms with E-state index in [0.717, 1.165) is 58.3 Å². The van der Waals surface area contributed by atoms with Crippen molar-refractivity contribution in [3.63, 3.8) is 0 Å². The number of benzene rings is 2. The molecule has 0 bridgehead atoms. The first-order chi connectivity index (χ1) is 18.1. The lowest BCUT2D eigenvalue weighted by atomic mass is 9.95. The van der Waals surface area contributed by atoms with Gasteiger partial charge in [0.1, 0.15) is 11.8 Å². The zero-order chi connectivity index (χ0) is 25.6. The minimum absolute atomic E-state index is 0.0854. The van der Waals surface area contributed by atoms with Crippen molar-refractivity contribution in [1.82, 2.24) is 15.2 Å². The number of amides is 2. The van der Waals surface area contributed by atoms with Gasteiger partial charge in [-0.3, -0.25) is 9.59 Å². The van der Waals surface area contributed by atoms with Crippen molar-refractivity contribution >= 4 is 34.1 Å². The van der Waals surface area contributed by atoms with E-state index >= 15 is 0 Å². The van der Waals surface area contributed by atoms with Gasteiger partial charge < -0.3 is 19.9 Å². The molecule has 0 saturated heterocycles. The number of aromatic amines is 1. The van der Waals surface area contributed by atoms with E-state index in [1.54, 1.807) is 12.0 Å². The molecular weight excluding hydrogens is 482 g/mol. The van der Waals surface area contributed by atoms with Crippen molar-refractivity contribution in [2.24, 2.45) is 0 Å². The lowest BCUT2D eigenvalue weighted by Gasteiger charge is -2.33. The second kappa shape index (κ2) is 11.6. The number of methoxy groups -OCH3 is 1.